The number of fused-ring (bicyclic) bond motifs is 2. The van der Waals surface area contributed by atoms with Gasteiger partial charge in [-0.05, 0) is 42.5 Å². The molecule has 1 aromatic carbocycles. The molecule has 1 spiro atoms. The van der Waals surface area contributed by atoms with E-state index in [9.17, 15) is 4.39 Å². The van der Waals surface area contributed by atoms with Crippen LogP contribution in [0.2, 0.25) is 0 Å². The number of rotatable bonds is 2. The second kappa shape index (κ2) is 6.02. The molecule has 0 N–H and O–H groups in total. The predicted octanol–water partition coefficient (Wildman–Crippen LogP) is 2.69. The van der Waals surface area contributed by atoms with Crippen molar-refractivity contribution in [3.63, 3.8) is 0 Å². The van der Waals surface area contributed by atoms with Gasteiger partial charge in [0.2, 0.25) is 0 Å². The summed E-state index contributed by atoms with van der Waals surface area (Å²) in [6, 6.07) is 6.22. The molecule has 1 aromatic heterocycles. The van der Waals surface area contributed by atoms with Crippen LogP contribution in [0.1, 0.15) is 24.0 Å². The zero-order valence-corrected chi connectivity index (χ0v) is 13.7. The van der Waals surface area contributed by atoms with E-state index < -0.39 is 0 Å². The zero-order chi connectivity index (χ0) is 16.6. The summed E-state index contributed by atoms with van der Waals surface area (Å²) in [5.41, 5.74) is 2.26. The van der Waals surface area contributed by atoms with Gasteiger partial charge in [0.05, 0.1) is 25.5 Å². The maximum absolute atomic E-state index is 13.9. The predicted molar refractivity (Wildman–Crippen MR) is 87.8 cm³/mol. The zero-order valence-electron chi connectivity index (χ0n) is 13.7. The largest absolute Gasteiger partial charge is 0.497 e. The number of piperidine rings is 1. The smallest absolute Gasteiger partial charge is 0.183 e. The average Bonchev–Trinajstić information content (AvgIpc) is 2.63. The van der Waals surface area contributed by atoms with E-state index in [0.717, 1.165) is 25.0 Å². The number of halogens is 1. The van der Waals surface area contributed by atoms with Gasteiger partial charge in [0, 0.05) is 13.1 Å². The van der Waals surface area contributed by atoms with Crippen molar-refractivity contribution in [1.82, 2.24) is 9.97 Å². The number of hydrogen-bond donors (Lipinski definition) is 0. The van der Waals surface area contributed by atoms with Gasteiger partial charge in [0.25, 0.3) is 0 Å². The van der Waals surface area contributed by atoms with Crippen molar-refractivity contribution < 1.29 is 13.9 Å². The Labute approximate surface area is 140 Å². The molecule has 0 amide bonds. The summed E-state index contributed by atoms with van der Waals surface area (Å²) >= 11 is 0. The third-order valence-corrected chi connectivity index (χ3v) is 5.07. The normalized spacial score (nSPS) is 19.2. The number of hydrogen-bond acceptors (Lipinski definition) is 5. The Morgan fingerprint density at radius 1 is 1.29 bits per heavy atom. The van der Waals surface area contributed by atoms with E-state index in [1.54, 1.807) is 7.11 Å². The van der Waals surface area contributed by atoms with Crippen LogP contribution in [0.4, 0.5) is 10.2 Å². The van der Waals surface area contributed by atoms with Gasteiger partial charge < -0.3 is 14.4 Å². The molecule has 0 unspecified atom stereocenters. The Balaban J connectivity index is 1.59. The van der Waals surface area contributed by atoms with Gasteiger partial charge >= 0.3 is 0 Å². The summed E-state index contributed by atoms with van der Waals surface area (Å²) in [4.78, 5) is 9.78. The van der Waals surface area contributed by atoms with Crippen molar-refractivity contribution in [2.75, 3.05) is 31.7 Å². The van der Waals surface area contributed by atoms with Crippen LogP contribution in [0.3, 0.4) is 0 Å². The van der Waals surface area contributed by atoms with Crippen molar-refractivity contribution in [2.45, 2.75) is 24.9 Å². The lowest BCUT2D eigenvalue weighted by molar-refractivity contribution is -0.0767. The van der Waals surface area contributed by atoms with Gasteiger partial charge in [-0.15, -0.1) is 0 Å². The summed E-state index contributed by atoms with van der Waals surface area (Å²) in [5, 5.41) is 0. The first-order valence-electron chi connectivity index (χ1n) is 8.24. The minimum absolute atomic E-state index is 0.278. The maximum Gasteiger partial charge on any atom is 0.183 e. The van der Waals surface area contributed by atoms with E-state index in [1.807, 2.05) is 11.0 Å². The van der Waals surface area contributed by atoms with Crippen LogP contribution in [-0.4, -0.2) is 36.8 Å². The highest BCUT2D eigenvalue weighted by atomic mass is 19.1. The molecule has 1 fully saturated rings. The Bertz CT molecular complexity index is 745. The van der Waals surface area contributed by atoms with Crippen LogP contribution in [-0.2, 0) is 16.8 Å². The summed E-state index contributed by atoms with van der Waals surface area (Å²) in [7, 11) is 1.69. The first-order chi connectivity index (χ1) is 11.7. The molecule has 0 bridgehead atoms. The van der Waals surface area contributed by atoms with Crippen molar-refractivity contribution in [3.05, 3.63) is 47.7 Å². The van der Waals surface area contributed by atoms with Crippen molar-refractivity contribution in [2.24, 2.45) is 0 Å². The van der Waals surface area contributed by atoms with Crippen molar-refractivity contribution in [1.29, 1.82) is 0 Å². The Morgan fingerprint density at radius 2 is 2.12 bits per heavy atom. The fourth-order valence-corrected chi connectivity index (χ4v) is 3.81. The lowest BCUT2D eigenvalue weighted by atomic mass is 9.79. The Hall–Kier alpha value is -2.21. The standard InChI is InChI=1S/C18H20FN3O2/c1-23-14-2-3-15-13(10-14)4-9-24-18(15)5-7-22(8-6-18)17-16(19)11-20-12-21-17/h2-3,10-12H,4-9H2,1H3. The monoisotopic (exact) mass is 329 g/mol. The highest BCUT2D eigenvalue weighted by Crippen LogP contribution is 2.43. The molecule has 0 radical (unpaired) electrons. The molecule has 2 aliphatic heterocycles. The molecular formula is C18H20FN3O2. The van der Waals surface area contributed by atoms with Gasteiger partial charge in [0.15, 0.2) is 11.6 Å². The molecule has 6 heteroatoms. The molecule has 126 valence electrons. The minimum Gasteiger partial charge on any atom is -0.497 e. The second-order valence-electron chi connectivity index (χ2n) is 6.30. The summed E-state index contributed by atoms with van der Waals surface area (Å²) in [6.07, 6.45) is 5.14. The summed E-state index contributed by atoms with van der Waals surface area (Å²) in [6.45, 7) is 2.13. The van der Waals surface area contributed by atoms with Crippen LogP contribution in [0, 0.1) is 5.82 Å². The van der Waals surface area contributed by atoms with E-state index in [0.29, 0.717) is 25.5 Å². The number of nitrogens with zero attached hydrogens (tertiary/aromatic N) is 3. The van der Waals surface area contributed by atoms with E-state index in [2.05, 4.69) is 22.1 Å². The molecule has 0 saturated carbocycles. The number of anilines is 1. The van der Waals surface area contributed by atoms with E-state index in [1.165, 1.54) is 23.7 Å². The molecule has 1 saturated heterocycles. The SMILES string of the molecule is COc1ccc2c(c1)CCOC21CCN(c2ncncc2F)CC1. The highest BCUT2D eigenvalue weighted by Gasteiger charge is 2.41. The van der Waals surface area contributed by atoms with Crippen LogP contribution < -0.4 is 9.64 Å². The van der Waals surface area contributed by atoms with E-state index >= 15 is 0 Å². The van der Waals surface area contributed by atoms with Crippen molar-refractivity contribution >= 4 is 5.82 Å². The molecule has 2 aromatic rings. The van der Waals surface area contributed by atoms with Gasteiger partial charge in [0.1, 0.15) is 12.1 Å². The maximum atomic E-state index is 13.9. The lowest BCUT2D eigenvalue weighted by Crippen LogP contribution is -2.47. The van der Waals surface area contributed by atoms with Gasteiger partial charge in [-0.1, -0.05) is 6.07 Å². The first-order valence-corrected chi connectivity index (χ1v) is 8.24. The Morgan fingerprint density at radius 3 is 2.88 bits per heavy atom. The summed E-state index contributed by atoms with van der Waals surface area (Å²) in [5.74, 6) is 0.889. The van der Waals surface area contributed by atoms with Gasteiger partial charge in [-0.2, -0.15) is 0 Å². The van der Waals surface area contributed by atoms with Crippen LogP contribution >= 0.6 is 0 Å². The molecule has 0 aliphatic carbocycles. The fraction of sp³-hybridized carbons (Fsp3) is 0.444. The molecule has 24 heavy (non-hydrogen) atoms. The van der Waals surface area contributed by atoms with Crippen LogP contribution in [0.25, 0.3) is 0 Å². The number of ether oxygens (including phenoxy) is 2. The van der Waals surface area contributed by atoms with Crippen molar-refractivity contribution in [3.8, 4) is 5.75 Å². The number of methoxy groups -OCH3 is 1. The summed E-state index contributed by atoms with van der Waals surface area (Å²) < 4.78 is 25.5. The molecule has 0 atom stereocenters. The molecular weight excluding hydrogens is 309 g/mol. The lowest BCUT2D eigenvalue weighted by Gasteiger charge is -2.45. The molecule has 4 rings (SSSR count). The second-order valence-corrected chi connectivity index (χ2v) is 6.30. The number of benzene rings is 1. The molecule has 5 nitrogen and oxygen atoms in total. The topological polar surface area (TPSA) is 47.5 Å². The Kier molecular flexibility index (Phi) is 3.84. The van der Waals surface area contributed by atoms with Gasteiger partial charge in [-0.3, -0.25) is 0 Å². The minimum atomic E-state index is -0.372. The van der Waals surface area contributed by atoms with Gasteiger partial charge in [-0.25, -0.2) is 14.4 Å². The molecule has 3 heterocycles. The fourth-order valence-electron chi connectivity index (χ4n) is 3.81. The third kappa shape index (κ3) is 2.51. The highest BCUT2D eigenvalue weighted by molar-refractivity contribution is 5.44. The van der Waals surface area contributed by atoms with Crippen LogP contribution in [0.15, 0.2) is 30.7 Å². The first kappa shape index (κ1) is 15.3. The average molecular weight is 329 g/mol. The third-order valence-electron chi connectivity index (χ3n) is 5.07. The number of aromatic nitrogens is 2. The van der Waals surface area contributed by atoms with E-state index in [-0.39, 0.29) is 11.4 Å². The quantitative estimate of drug-likeness (QED) is 0.848. The van der Waals surface area contributed by atoms with E-state index in [4.69, 9.17) is 9.47 Å². The molecule has 2 aliphatic rings. The van der Waals surface area contributed by atoms with Crippen LogP contribution in [0.5, 0.6) is 5.75 Å².